The lowest BCUT2D eigenvalue weighted by molar-refractivity contribution is 0.0911. The normalized spacial score (nSPS) is 17.8. The van der Waals surface area contributed by atoms with Crippen molar-refractivity contribution >= 4 is 28.9 Å². The summed E-state index contributed by atoms with van der Waals surface area (Å²) in [5.41, 5.74) is 3.59. The maximum Gasteiger partial charge on any atom is 0.227 e. The molecule has 2 aliphatic rings. The van der Waals surface area contributed by atoms with Crippen LogP contribution in [0, 0.1) is 5.41 Å². The number of ketones is 1. The Labute approximate surface area is 189 Å². The molecule has 1 saturated heterocycles. The van der Waals surface area contributed by atoms with Crippen LogP contribution in [0.3, 0.4) is 0 Å². The topological polar surface area (TPSA) is 61.4 Å². The van der Waals surface area contributed by atoms with E-state index in [1.54, 1.807) is 0 Å². The number of anilines is 4. The van der Waals surface area contributed by atoms with Gasteiger partial charge in [-0.3, -0.25) is 4.79 Å². The van der Waals surface area contributed by atoms with Gasteiger partial charge in [0.25, 0.3) is 0 Å². The Bertz CT molecular complexity index is 1110. The van der Waals surface area contributed by atoms with Crippen LogP contribution in [0.25, 0.3) is 0 Å². The zero-order valence-electron chi connectivity index (χ0n) is 18.7. The molecule has 0 amide bonds. The molecule has 1 fully saturated rings. The highest BCUT2D eigenvalue weighted by atomic mass is 16.1. The molecule has 1 N–H and O–H groups in total. The Balaban J connectivity index is 1.45. The second kappa shape index (κ2) is 8.26. The van der Waals surface area contributed by atoms with Gasteiger partial charge in [-0.15, -0.1) is 0 Å². The van der Waals surface area contributed by atoms with Gasteiger partial charge in [0.2, 0.25) is 5.95 Å². The molecule has 2 aromatic carbocycles. The molecule has 0 saturated carbocycles. The first-order valence-electron chi connectivity index (χ1n) is 11.3. The van der Waals surface area contributed by atoms with Gasteiger partial charge >= 0.3 is 0 Å². The number of piperazine rings is 1. The van der Waals surface area contributed by atoms with Gasteiger partial charge in [0.05, 0.1) is 11.3 Å². The van der Waals surface area contributed by atoms with E-state index in [0.29, 0.717) is 23.8 Å². The van der Waals surface area contributed by atoms with Crippen LogP contribution in [-0.4, -0.2) is 41.9 Å². The Morgan fingerprint density at radius 1 is 0.812 bits per heavy atom. The summed E-state index contributed by atoms with van der Waals surface area (Å²) in [5.74, 6) is 1.46. The summed E-state index contributed by atoms with van der Waals surface area (Å²) in [6, 6.07) is 20.4. The molecule has 0 spiro atoms. The van der Waals surface area contributed by atoms with Crippen LogP contribution < -0.4 is 15.1 Å². The molecule has 0 bridgehead atoms. The monoisotopic (exact) mass is 427 g/mol. The van der Waals surface area contributed by atoms with Gasteiger partial charge in [-0.05, 0) is 36.1 Å². The molecule has 6 nitrogen and oxygen atoms in total. The number of nitrogens with zero attached hydrogens (tertiary/aromatic N) is 4. The number of fused-ring (bicyclic) bond motifs is 1. The van der Waals surface area contributed by atoms with E-state index in [2.05, 4.69) is 53.2 Å². The lowest BCUT2D eigenvalue weighted by Gasteiger charge is -2.37. The molecule has 3 aromatic rings. The molecule has 1 aliphatic heterocycles. The Morgan fingerprint density at radius 3 is 2.12 bits per heavy atom. The molecule has 5 rings (SSSR count). The lowest BCUT2D eigenvalue weighted by atomic mass is 9.75. The zero-order chi connectivity index (χ0) is 22.1. The average Bonchev–Trinajstić information content (AvgIpc) is 2.79. The van der Waals surface area contributed by atoms with Crippen molar-refractivity contribution in [3.63, 3.8) is 0 Å². The van der Waals surface area contributed by atoms with Crippen molar-refractivity contribution in [2.45, 2.75) is 26.7 Å². The summed E-state index contributed by atoms with van der Waals surface area (Å²) in [5, 5.41) is 3.39. The van der Waals surface area contributed by atoms with Crippen LogP contribution in [0.1, 0.15) is 36.3 Å². The standard InChI is InChI=1S/C26H29N5O/c1-26(2)17-21-23(22(32)18-26)24(27-19-9-5-3-6-10-19)29-25(28-21)31-15-13-30(14-16-31)20-11-7-4-8-12-20/h3-12H,13-18H2,1-2H3,(H,27,28,29). The Kier molecular flexibility index (Phi) is 5.29. The molecule has 2 heterocycles. The predicted octanol–water partition coefficient (Wildman–Crippen LogP) is 4.70. The molecular weight excluding hydrogens is 398 g/mol. The maximum absolute atomic E-state index is 13.1. The minimum atomic E-state index is -0.0915. The van der Waals surface area contributed by atoms with Crippen molar-refractivity contribution in [2.75, 3.05) is 41.3 Å². The molecule has 1 aliphatic carbocycles. The summed E-state index contributed by atoms with van der Waals surface area (Å²) < 4.78 is 0. The number of benzene rings is 2. The molecule has 6 heteroatoms. The quantitative estimate of drug-likeness (QED) is 0.651. The third kappa shape index (κ3) is 4.17. The minimum absolute atomic E-state index is 0.0915. The van der Waals surface area contributed by atoms with Gasteiger partial charge < -0.3 is 15.1 Å². The molecule has 0 unspecified atom stereocenters. The predicted molar refractivity (Wildman–Crippen MR) is 129 cm³/mol. The van der Waals surface area contributed by atoms with Crippen molar-refractivity contribution in [3.05, 3.63) is 71.9 Å². The lowest BCUT2D eigenvalue weighted by Crippen LogP contribution is -2.47. The Morgan fingerprint density at radius 2 is 1.44 bits per heavy atom. The molecule has 0 radical (unpaired) electrons. The van der Waals surface area contributed by atoms with Crippen molar-refractivity contribution in [3.8, 4) is 0 Å². The number of para-hydroxylation sites is 2. The van der Waals surface area contributed by atoms with Crippen LogP contribution >= 0.6 is 0 Å². The summed E-state index contributed by atoms with van der Waals surface area (Å²) >= 11 is 0. The average molecular weight is 428 g/mol. The SMILES string of the molecule is CC1(C)CC(=O)c2c(nc(N3CCN(c4ccccc4)CC3)nc2Nc2ccccc2)C1. The highest BCUT2D eigenvalue weighted by molar-refractivity contribution is 6.03. The van der Waals surface area contributed by atoms with E-state index in [1.807, 2.05) is 36.4 Å². The van der Waals surface area contributed by atoms with Crippen molar-refractivity contribution in [1.29, 1.82) is 0 Å². The third-order valence-corrected chi connectivity index (χ3v) is 6.26. The highest BCUT2D eigenvalue weighted by Gasteiger charge is 2.35. The fraction of sp³-hybridized carbons (Fsp3) is 0.346. The molecule has 1 aromatic heterocycles. The maximum atomic E-state index is 13.1. The summed E-state index contributed by atoms with van der Waals surface area (Å²) in [6.07, 6.45) is 1.29. The van der Waals surface area contributed by atoms with Crippen molar-refractivity contribution in [2.24, 2.45) is 5.41 Å². The van der Waals surface area contributed by atoms with Crippen LogP contribution in [0.15, 0.2) is 60.7 Å². The number of carbonyl (C=O) groups excluding carboxylic acids is 1. The highest BCUT2D eigenvalue weighted by Crippen LogP contribution is 2.38. The van der Waals surface area contributed by atoms with Gasteiger partial charge in [0, 0.05) is 44.0 Å². The van der Waals surface area contributed by atoms with E-state index in [4.69, 9.17) is 9.97 Å². The fourth-order valence-electron chi connectivity index (χ4n) is 4.65. The minimum Gasteiger partial charge on any atom is -0.368 e. The van der Waals surface area contributed by atoms with Crippen molar-refractivity contribution < 1.29 is 4.79 Å². The zero-order valence-corrected chi connectivity index (χ0v) is 18.7. The first kappa shape index (κ1) is 20.5. The van der Waals surface area contributed by atoms with Crippen LogP contribution in [-0.2, 0) is 6.42 Å². The van der Waals surface area contributed by atoms with E-state index in [9.17, 15) is 4.79 Å². The summed E-state index contributed by atoms with van der Waals surface area (Å²) in [7, 11) is 0. The second-order valence-electron chi connectivity index (χ2n) is 9.44. The van der Waals surface area contributed by atoms with E-state index in [0.717, 1.165) is 44.0 Å². The van der Waals surface area contributed by atoms with Crippen LogP contribution in [0.5, 0.6) is 0 Å². The number of Topliss-reactive ketones (excluding diaryl/α,β-unsaturated/α-hetero) is 1. The number of aromatic nitrogens is 2. The van der Waals surface area contributed by atoms with E-state index in [1.165, 1.54) is 5.69 Å². The van der Waals surface area contributed by atoms with Gasteiger partial charge in [-0.1, -0.05) is 50.2 Å². The molecular formula is C26H29N5O. The van der Waals surface area contributed by atoms with E-state index < -0.39 is 0 Å². The van der Waals surface area contributed by atoms with E-state index >= 15 is 0 Å². The second-order valence-corrected chi connectivity index (χ2v) is 9.44. The summed E-state index contributed by atoms with van der Waals surface area (Å²) in [6.45, 7) is 7.79. The van der Waals surface area contributed by atoms with Crippen molar-refractivity contribution in [1.82, 2.24) is 9.97 Å². The fourth-order valence-corrected chi connectivity index (χ4v) is 4.65. The third-order valence-electron chi connectivity index (χ3n) is 6.26. The first-order chi connectivity index (χ1) is 15.5. The largest absolute Gasteiger partial charge is 0.368 e. The summed E-state index contributed by atoms with van der Waals surface area (Å²) in [4.78, 5) is 27.5. The number of rotatable bonds is 4. The van der Waals surface area contributed by atoms with Crippen LogP contribution in [0.2, 0.25) is 0 Å². The number of nitrogens with one attached hydrogen (secondary N) is 1. The Hall–Kier alpha value is -3.41. The molecule has 164 valence electrons. The smallest absolute Gasteiger partial charge is 0.227 e. The van der Waals surface area contributed by atoms with Crippen LogP contribution in [0.4, 0.5) is 23.1 Å². The molecule has 32 heavy (non-hydrogen) atoms. The number of carbonyl (C=O) groups is 1. The number of hydrogen-bond donors (Lipinski definition) is 1. The molecule has 0 atom stereocenters. The first-order valence-corrected chi connectivity index (χ1v) is 11.3. The van der Waals surface area contributed by atoms with Gasteiger partial charge in [-0.2, -0.15) is 4.98 Å². The van der Waals surface area contributed by atoms with E-state index in [-0.39, 0.29) is 11.2 Å². The van der Waals surface area contributed by atoms with Gasteiger partial charge in [0.15, 0.2) is 5.78 Å². The van der Waals surface area contributed by atoms with Gasteiger partial charge in [0.1, 0.15) is 5.82 Å². The number of hydrogen-bond acceptors (Lipinski definition) is 6. The van der Waals surface area contributed by atoms with Gasteiger partial charge in [-0.25, -0.2) is 4.98 Å².